The highest BCUT2D eigenvalue weighted by atomic mass is 16.5. The number of ether oxygens (including phenoxy) is 1. The largest absolute Gasteiger partial charge is 0.387 e. The number of methoxy groups -OCH3 is 1. The molecule has 0 saturated heterocycles. The van der Waals surface area contributed by atoms with Crippen LogP contribution < -0.4 is 0 Å². The molecule has 2 aromatic heterocycles. The average molecular weight is 467 g/mol. The molecule has 0 radical (unpaired) electrons. The number of rotatable bonds is 5. The minimum atomic E-state index is -0.627. The van der Waals surface area contributed by atoms with E-state index in [0.29, 0.717) is 24.2 Å². The normalized spacial score (nSPS) is 41.6. The van der Waals surface area contributed by atoms with Crippen molar-refractivity contribution in [3.05, 3.63) is 18.5 Å². The van der Waals surface area contributed by atoms with E-state index >= 15 is 0 Å². The molecule has 8 atom stereocenters. The van der Waals surface area contributed by atoms with Crippen molar-refractivity contribution in [2.45, 2.75) is 76.9 Å². The number of hydrogen-bond donors (Lipinski definition) is 1. The van der Waals surface area contributed by atoms with Crippen molar-refractivity contribution in [2.75, 3.05) is 13.7 Å². The van der Waals surface area contributed by atoms with Gasteiger partial charge in [0.2, 0.25) is 0 Å². The maximum atomic E-state index is 13.5. The number of hydrogen-bond acceptors (Lipinski definition) is 6. The van der Waals surface area contributed by atoms with Gasteiger partial charge >= 0.3 is 0 Å². The van der Waals surface area contributed by atoms with Crippen molar-refractivity contribution in [3.63, 3.8) is 0 Å². The Labute approximate surface area is 201 Å². The van der Waals surface area contributed by atoms with E-state index in [4.69, 9.17) is 4.74 Å². The van der Waals surface area contributed by atoms with Gasteiger partial charge in [-0.05, 0) is 98.9 Å². The van der Waals surface area contributed by atoms with E-state index in [0.717, 1.165) is 60.9 Å². The number of Topliss-reactive ketones (excluding diaryl/α,β-unsaturated/α-hetero) is 1. The number of aliphatic hydroxyl groups is 1. The third-order valence-corrected chi connectivity index (χ3v) is 10.4. The zero-order valence-electron chi connectivity index (χ0n) is 20.5. The van der Waals surface area contributed by atoms with Crippen LogP contribution in [0.2, 0.25) is 0 Å². The Balaban J connectivity index is 1.16. The van der Waals surface area contributed by atoms with Crippen molar-refractivity contribution in [3.8, 4) is 0 Å². The van der Waals surface area contributed by atoms with Gasteiger partial charge in [0.05, 0.1) is 18.4 Å². The van der Waals surface area contributed by atoms with Gasteiger partial charge in [-0.25, -0.2) is 0 Å². The standard InChI is InChI=1S/C27H38N4O3/c1-26-10-7-19-18-8-11-27(33,16-34-2)13-17(18)3-4-20(19)21(26)5-6-22(26)25(32)15-31-29-23-9-12-28-14-24(23)30-31/h9,12,14,17-22,33H,3-8,10-11,13,15-16H2,1-2H3/t17-,18?,19+,20+,21-,22+,26-,27+/m0/s1. The fourth-order valence-corrected chi connectivity index (χ4v) is 9.02. The quantitative estimate of drug-likeness (QED) is 0.715. The van der Waals surface area contributed by atoms with Gasteiger partial charge < -0.3 is 9.84 Å². The molecule has 7 nitrogen and oxygen atoms in total. The highest BCUT2D eigenvalue weighted by Crippen LogP contribution is 2.64. The number of nitrogens with zero attached hydrogens (tertiary/aromatic N) is 4. The third kappa shape index (κ3) is 3.62. The Morgan fingerprint density at radius 2 is 1.91 bits per heavy atom. The molecule has 1 N–H and O–H groups in total. The molecular formula is C27H38N4O3. The van der Waals surface area contributed by atoms with Gasteiger partial charge in [0.15, 0.2) is 5.78 Å². The molecular weight excluding hydrogens is 428 g/mol. The molecule has 0 amide bonds. The highest BCUT2D eigenvalue weighted by Gasteiger charge is 2.59. The first-order valence-corrected chi connectivity index (χ1v) is 13.3. The minimum Gasteiger partial charge on any atom is -0.387 e. The van der Waals surface area contributed by atoms with E-state index in [1.54, 1.807) is 24.3 Å². The van der Waals surface area contributed by atoms with Crippen LogP contribution >= 0.6 is 0 Å². The van der Waals surface area contributed by atoms with E-state index in [9.17, 15) is 9.90 Å². The van der Waals surface area contributed by atoms with Crippen molar-refractivity contribution in [2.24, 2.45) is 40.9 Å². The summed E-state index contributed by atoms with van der Waals surface area (Å²) in [7, 11) is 1.70. The number of aromatic nitrogens is 4. The molecule has 2 aromatic rings. The Hall–Kier alpha value is -1.86. The van der Waals surface area contributed by atoms with Gasteiger partial charge in [-0.1, -0.05) is 6.92 Å². The summed E-state index contributed by atoms with van der Waals surface area (Å²) in [5, 5.41) is 20.0. The van der Waals surface area contributed by atoms with Crippen molar-refractivity contribution in [1.82, 2.24) is 20.0 Å². The first-order valence-electron chi connectivity index (χ1n) is 13.3. The number of pyridine rings is 1. The molecule has 0 bridgehead atoms. The maximum absolute atomic E-state index is 13.5. The molecule has 184 valence electrons. The third-order valence-electron chi connectivity index (χ3n) is 10.4. The number of carbonyl (C=O) groups excluding carboxylic acids is 1. The fourth-order valence-electron chi connectivity index (χ4n) is 9.02. The summed E-state index contributed by atoms with van der Waals surface area (Å²) < 4.78 is 5.34. The van der Waals surface area contributed by atoms with Crippen LogP contribution in [0.4, 0.5) is 0 Å². The van der Waals surface area contributed by atoms with Crippen molar-refractivity contribution >= 4 is 16.8 Å². The zero-order valence-corrected chi connectivity index (χ0v) is 20.5. The van der Waals surface area contributed by atoms with Crippen LogP contribution in [0.5, 0.6) is 0 Å². The second-order valence-electron chi connectivity index (χ2n) is 12.1. The van der Waals surface area contributed by atoms with E-state index in [1.807, 2.05) is 6.07 Å². The van der Waals surface area contributed by atoms with Crippen LogP contribution in [0.25, 0.3) is 11.0 Å². The molecule has 6 rings (SSSR count). The Morgan fingerprint density at radius 1 is 1.09 bits per heavy atom. The summed E-state index contributed by atoms with van der Waals surface area (Å²) in [6.07, 6.45) is 13.4. The second kappa shape index (κ2) is 8.37. The SMILES string of the molecule is COC[C@@]1(O)CCC2[C@@H](CC[C@@H]3[C@@H]2CC[C@]2(C)[C@@H](C(=O)Cn4nc5ccncc5n4)CC[C@@H]32)C1. The van der Waals surface area contributed by atoms with Gasteiger partial charge in [0.1, 0.15) is 17.6 Å². The minimum absolute atomic E-state index is 0.102. The lowest BCUT2D eigenvalue weighted by molar-refractivity contribution is -0.137. The molecule has 0 spiro atoms. The molecule has 4 aliphatic rings. The lowest BCUT2D eigenvalue weighted by Gasteiger charge is -2.57. The average Bonchev–Trinajstić information content (AvgIpc) is 3.38. The van der Waals surface area contributed by atoms with Gasteiger partial charge in [0, 0.05) is 19.2 Å². The van der Waals surface area contributed by atoms with E-state index < -0.39 is 5.60 Å². The number of fused-ring (bicyclic) bond motifs is 6. The lowest BCUT2D eigenvalue weighted by Crippen LogP contribution is -2.52. The van der Waals surface area contributed by atoms with Crippen LogP contribution in [-0.4, -0.2) is 50.2 Å². The molecule has 4 saturated carbocycles. The van der Waals surface area contributed by atoms with Crippen LogP contribution in [0.3, 0.4) is 0 Å². The Kier molecular flexibility index (Phi) is 5.56. The summed E-state index contributed by atoms with van der Waals surface area (Å²) in [5.74, 6) is 3.94. The van der Waals surface area contributed by atoms with Gasteiger partial charge in [-0.2, -0.15) is 15.0 Å². The first-order chi connectivity index (χ1) is 16.4. The summed E-state index contributed by atoms with van der Waals surface area (Å²) in [5.41, 5.74) is 1.01. The summed E-state index contributed by atoms with van der Waals surface area (Å²) in [6, 6.07) is 1.84. The predicted octanol–water partition coefficient (Wildman–Crippen LogP) is 4.04. The van der Waals surface area contributed by atoms with E-state index in [1.165, 1.54) is 25.7 Å². The predicted molar refractivity (Wildman–Crippen MR) is 128 cm³/mol. The van der Waals surface area contributed by atoms with Crippen LogP contribution in [-0.2, 0) is 16.1 Å². The first kappa shape index (κ1) is 22.6. The number of carbonyl (C=O) groups is 1. The van der Waals surface area contributed by atoms with Crippen molar-refractivity contribution in [1.29, 1.82) is 0 Å². The molecule has 0 aliphatic heterocycles. The molecule has 1 unspecified atom stereocenters. The van der Waals surface area contributed by atoms with Crippen LogP contribution in [0.15, 0.2) is 18.5 Å². The summed E-state index contributed by atoms with van der Waals surface area (Å²) >= 11 is 0. The monoisotopic (exact) mass is 466 g/mol. The summed E-state index contributed by atoms with van der Waals surface area (Å²) in [4.78, 5) is 19.2. The van der Waals surface area contributed by atoms with Crippen molar-refractivity contribution < 1.29 is 14.6 Å². The van der Waals surface area contributed by atoms with Crippen LogP contribution in [0, 0.1) is 40.9 Å². The number of ketones is 1. The van der Waals surface area contributed by atoms with Gasteiger partial charge in [-0.15, -0.1) is 0 Å². The fraction of sp³-hybridized carbons (Fsp3) is 0.778. The molecule has 2 heterocycles. The lowest BCUT2D eigenvalue weighted by atomic mass is 9.49. The van der Waals surface area contributed by atoms with E-state index in [-0.39, 0.29) is 17.9 Å². The topological polar surface area (TPSA) is 90.1 Å². The van der Waals surface area contributed by atoms with E-state index in [2.05, 4.69) is 22.1 Å². The molecule has 7 heteroatoms. The van der Waals surface area contributed by atoms with Gasteiger partial charge in [-0.3, -0.25) is 9.78 Å². The smallest absolute Gasteiger partial charge is 0.159 e. The molecule has 4 aliphatic carbocycles. The Bertz CT molecular complexity index is 1040. The van der Waals surface area contributed by atoms with Crippen LogP contribution in [0.1, 0.15) is 64.7 Å². The van der Waals surface area contributed by atoms with Gasteiger partial charge in [0.25, 0.3) is 0 Å². The molecule has 34 heavy (non-hydrogen) atoms. The zero-order chi connectivity index (χ0) is 23.5. The molecule has 0 aromatic carbocycles. The molecule has 4 fully saturated rings. The summed E-state index contributed by atoms with van der Waals surface area (Å²) in [6.45, 7) is 3.13. The highest BCUT2D eigenvalue weighted by molar-refractivity contribution is 5.82. The second-order valence-corrected chi connectivity index (χ2v) is 12.1. The maximum Gasteiger partial charge on any atom is 0.159 e. The Morgan fingerprint density at radius 3 is 2.74 bits per heavy atom.